The van der Waals surface area contributed by atoms with Crippen LogP contribution in [0.5, 0.6) is 11.5 Å². The molecule has 210 valence electrons. The van der Waals surface area contributed by atoms with Gasteiger partial charge in [0.05, 0.1) is 27.8 Å². The van der Waals surface area contributed by atoms with Crippen LogP contribution in [-0.4, -0.2) is 21.0 Å². The molecule has 5 heterocycles. The Balaban J connectivity index is 1.25. The van der Waals surface area contributed by atoms with Crippen molar-refractivity contribution >= 4 is 39.9 Å². The quantitative estimate of drug-likeness (QED) is 0.136. The normalized spacial score (nSPS) is 16.8. The van der Waals surface area contributed by atoms with Gasteiger partial charge in [0, 0.05) is 50.3 Å². The third kappa shape index (κ3) is 4.02. The molecule has 0 amide bonds. The zero-order valence-corrected chi connectivity index (χ0v) is 24.0. The average Bonchev–Trinajstić information content (AvgIpc) is 3.65. The van der Waals surface area contributed by atoms with Crippen molar-refractivity contribution in [2.75, 3.05) is 4.81 Å². The Labute approximate surface area is 260 Å². The molecule has 3 aromatic heterocycles. The van der Waals surface area contributed by atoms with Crippen LogP contribution < -0.4 is 19.7 Å². The predicted octanol–water partition coefficient (Wildman–Crippen LogP) is 6.72. The van der Waals surface area contributed by atoms with Crippen molar-refractivity contribution in [1.29, 1.82) is 0 Å². The molecule has 0 fully saturated rings. The fourth-order valence-electron chi connectivity index (χ4n) is 6.22. The van der Waals surface area contributed by atoms with Gasteiger partial charge >= 0.3 is 6.85 Å². The number of benzene rings is 3. The van der Waals surface area contributed by atoms with Crippen LogP contribution in [0.3, 0.4) is 0 Å². The maximum absolute atomic E-state index is 8.25. The summed E-state index contributed by atoms with van der Waals surface area (Å²) in [4.78, 5) is 6.51. The van der Waals surface area contributed by atoms with Gasteiger partial charge in [0.25, 0.3) is 0 Å². The first-order chi connectivity index (χ1) is 23.2. The molecule has 0 spiro atoms. The standard InChI is InChI=1S/C36H32BN5O/c1-24-9-8-17-37-34-22-39(5)23-40(34)33-21-27(13-15-31(33)42(24)37)43-26-12-14-29-28-10-6-7-11-30(28)41(32(29)20-26)35-19-25(16-18-38-35)36(2,3)4/h6-22H,1-5H3/i1D3,5D3. The van der Waals surface area contributed by atoms with Gasteiger partial charge in [-0.3, -0.25) is 4.57 Å². The Kier molecular flexibility index (Phi) is 4.29. The predicted molar refractivity (Wildman–Crippen MR) is 174 cm³/mol. The molecule has 0 atom stereocenters. The highest BCUT2D eigenvalue weighted by molar-refractivity contribution is 6.82. The molecule has 43 heavy (non-hydrogen) atoms. The van der Waals surface area contributed by atoms with Crippen molar-refractivity contribution in [3.05, 3.63) is 121 Å². The van der Waals surface area contributed by atoms with Gasteiger partial charge in [-0.05, 0) is 72.4 Å². The number of para-hydroxylation sites is 1. The minimum atomic E-state index is -2.47. The SMILES string of the molecule is [2H]C([2H])([2H])C1=CC=CB2c3c[n+](C([2H])([2H])[2H])[c-]n3-c3cc(Oc4ccc5c6ccccc6n(-c6cc(C(C)(C)C)ccn6)c5c4)ccc3N21. The second kappa shape index (κ2) is 9.23. The lowest BCUT2D eigenvalue weighted by molar-refractivity contribution is -0.674. The number of imidazole rings is 1. The smallest absolute Gasteiger partial charge is 0.302 e. The van der Waals surface area contributed by atoms with Gasteiger partial charge in [-0.2, -0.15) is 0 Å². The van der Waals surface area contributed by atoms with E-state index in [0.29, 0.717) is 28.5 Å². The molecule has 3 aromatic carbocycles. The maximum Gasteiger partial charge on any atom is 0.302 e. The average molecular weight is 568 g/mol. The van der Waals surface area contributed by atoms with Gasteiger partial charge in [-0.25, -0.2) is 4.98 Å². The fraction of sp³-hybridized carbons (Fsp3) is 0.167. The van der Waals surface area contributed by atoms with E-state index in [1.165, 1.54) is 11.8 Å². The van der Waals surface area contributed by atoms with Gasteiger partial charge in [-0.1, -0.05) is 51.0 Å². The lowest BCUT2D eigenvalue weighted by atomic mass is 9.54. The molecular weight excluding hydrogens is 529 g/mol. The molecule has 7 heteroatoms. The molecule has 0 saturated heterocycles. The zero-order valence-electron chi connectivity index (χ0n) is 30.0. The van der Waals surface area contributed by atoms with Crippen molar-refractivity contribution in [3.63, 3.8) is 0 Å². The molecule has 0 aliphatic carbocycles. The summed E-state index contributed by atoms with van der Waals surface area (Å²) < 4.78 is 60.2. The second-order valence-electron chi connectivity index (χ2n) is 12.0. The van der Waals surface area contributed by atoms with E-state index in [-0.39, 0.29) is 11.1 Å². The Morgan fingerprint density at radius 2 is 1.77 bits per heavy atom. The summed E-state index contributed by atoms with van der Waals surface area (Å²) in [6, 6.07) is 23.8. The maximum atomic E-state index is 8.25. The van der Waals surface area contributed by atoms with Crippen LogP contribution in [0.25, 0.3) is 33.3 Å². The Morgan fingerprint density at radius 1 is 0.930 bits per heavy atom. The lowest BCUT2D eigenvalue weighted by Crippen LogP contribution is -2.53. The van der Waals surface area contributed by atoms with E-state index < -0.39 is 20.7 Å². The van der Waals surface area contributed by atoms with Crippen molar-refractivity contribution in [2.24, 2.45) is 6.98 Å². The number of aryl methyl sites for hydroxylation is 1. The molecule has 0 radical (unpaired) electrons. The number of ether oxygens (including phenoxy) is 1. The Hall–Kier alpha value is -5.04. The highest BCUT2D eigenvalue weighted by Gasteiger charge is 2.34. The monoisotopic (exact) mass is 567 g/mol. The highest BCUT2D eigenvalue weighted by atomic mass is 16.5. The number of allylic oxidation sites excluding steroid dienone is 3. The topological polar surface area (TPSA) is 39.1 Å². The molecule has 0 saturated carbocycles. The second-order valence-corrected chi connectivity index (χ2v) is 12.0. The minimum Gasteiger partial charge on any atom is -0.458 e. The number of rotatable bonds is 3. The Bertz CT molecular complexity index is 2360. The summed E-state index contributed by atoms with van der Waals surface area (Å²) in [7, 11) is 0. The summed E-state index contributed by atoms with van der Waals surface area (Å²) in [5.74, 6) is 3.75. The number of anilines is 1. The van der Waals surface area contributed by atoms with Crippen molar-refractivity contribution < 1.29 is 17.5 Å². The third-order valence-corrected chi connectivity index (χ3v) is 8.28. The summed E-state index contributed by atoms with van der Waals surface area (Å²) in [5.41, 5.74) is 4.95. The Morgan fingerprint density at radius 3 is 2.63 bits per heavy atom. The number of hydrogen-bond donors (Lipinski definition) is 0. The van der Waals surface area contributed by atoms with Crippen LogP contribution in [0, 0.1) is 6.33 Å². The van der Waals surface area contributed by atoms with Crippen LogP contribution in [0.1, 0.15) is 41.4 Å². The van der Waals surface area contributed by atoms with Gasteiger partial charge in [0.15, 0.2) is 0 Å². The number of nitrogens with zero attached hydrogens (tertiary/aromatic N) is 5. The van der Waals surface area contributed by atoms with Crippen molar-refractivity contribution in [2.45, 2.75) is 33.0 Å². The van der Waals surface area contributed by atoms with Crippen molar-refractivity contribution in [3.8, 4) is 23.0 Å². The first-order valence-corrected chi connectivity index (χ1v) is 14.3. The van der Waals surface area contributed by atoms with Gasteiger partial charge < -0.3 is 18.7 Å². The summed E-state index contributed by atoms with van der Waals surface area (Å²) in [6.07, 6.45) is 9.61. The van der Waals surface area contributed by atoms with Gasteiger partial charge in [0.2, 0.25) is 6.33 Å². The van der Waals surface area contributed by atoms with E-state index in [1.54, 1.807) is 33.7 Å². The summed E-state index contributed by atoms with van der Waals surface area (Å²) in [6.45, 7) is 1.14. The molecule has 0 N–H and O–H groups in total. The van der Waals surface area contributed by atoms with E-state index in [4.69, 9.17) is 17.9 Å². The molecule has 6 aromatic rings. The molecular formula is C36H32BN5O. The van der Waals surface area contributed by atoms with Crippen LogP contribution >= 0.6 is 0 Å². The molecule has 2 aliphatic heterocycles. The molecule has 2 aliphatic rings. The third-order valence-electron chi connectivity index (χ3n) is 8.28. The van der Waals surface area contributed by atoms with Gasteiger partial charge in [0.1, 0.15) is 17.3 Å². The number of hydrogen-bond acceptors (Lipinski definition) is 3. The molecule has 6 nitrogen and oxygen atoms in total. The summed E-state index contributed by atoms with van der Waals surface area (Å²) >= 11 is 0. The summed E-state index contributed by atoms with van der Waals surface area (Å²) in [5, 5.41) is 2.16. The van der Waals surface area contributed by atoms with Gasteiger partial charge in [-0.15, -0.1) is 0 Å². The first-order valence-electron chi connectivity index (χ1n) is 17.3. The number of aromatic nitrogens is 4. The van der Waals surface area contributed by atoms with Crippen LogP contribution in [-0.2, 0) is 12.4 Å². The first kappa shape index (κ1) is 20.0. The van der Waals surface area contributed by atoms with E-state index in [1.807, 2.05) is 54.6 Å². The van der Waals surface area contributed by atoms with E-state index in [2.05, 4.69) is 49.9 Å². The number of fused-ring (bicyclic) bond motifs is 9. The largest absolute Gasteiger partial charge is 0.458 e. The fourth-order valence-corrected chi connectivity index (χ4v) is 6.22. The van der Waals surface area contributed by atoms with Crippen LogP contribution in [0.4, 0.5) is 5.69 Å². The van der Waals surface area contributed by atoms with Crippen molar-refractivity contribution in [1.82, 2.24) is 14.1 Å². The lowest BCUT2D eigenvalue weighted by Gasteiger charge is -2.39. The van der Waals surface area contributed by atoms with Crippen LogP contribution in [0.15, 0.2) is 109 Å². The zero-order chi connectivity index (χ0) is 34.5. The molecule has 0 bridgehead atoms. The van der Waals surface area contributed by atoms with E-state index in [9.17, 15) is 0 Å². The molecule has 0 unspecified atom stereocenters. The minimum absolute atomic E-state index is 0.0541. The number of pyridine rings is 1. The molecule has 8 rings (SSSR count). The van der Waals surface area contributed by atoms with E-state index in [0.717, 1.165) is 32.2 Å². The van der Waals surface area contributed by atoms with Crippen LogP contribution in [0.2, 0.25) is 0 Å². The van der Waals surface area contributed by atoms with E-state index >= 15 is 0 Å². The highest BCUT2D eigenvalue weighted by Crippen LogP contribution is 2.39.